The van der Waals surface area contributed by atoms with Crippen molar-refractivity contribution in [1.82, 2.24) is 0 Å². The van der Waals surface area contributed by atoms with Crippen LogP contribution in [0.5, 0.6) is 5.75 Å². The van der Waals surface area contributed by atoms with Gasteiger partial charge in [-0.2, -0.15) is 0 Å². The summed E-state index contributed by atoms with van der Waals surface area (Å²) in [5, 5.41) is 22.0. The summed E-state index contributed by atoms with van der Waals surface area (Å²) in [7, 11) is 0. The van der Waals surface area contributed by atoms with Crippen LogP contribution in [0.2, 0.25) is 0 Å². The average molecular weight is 785 g/mol. The number of non-ortho nitro benzene ring substituents is 1. The largest absolute Gasteiger partial charge is 0.491 e. The van der Waals surface area contributed by atoms with Gasteiger partial charge in [0.2, 0.25) is 0 Å². The standard InChI is InChI=1S/C37H53FN2O15/c1-31(41)4-5-32-27-34(38)29-36(28-32)55-26-25-54-24-23-53-22-21-52-20-19-51-18-17-50-16-15-49-14-13-48-12-11-47-10-9-46-8-2-3-33-6-7-35(39(42)43)30-37(33)40(44)45/h4-7,27-30H,2-3,8-26H2,1H3/b5-4+. The molecular formula is C37H53FN2O15. The number of nitro groups is 2. The molecule has 0 aliphatic heterocycles. The number of carbonyl (C=O) groups excluding carboxylic acids is 1. The minimum atomic E-state index is -0.659. The molecular weight excluding hydrogens is 731 g/mol. The van der Waals surface area contributed by atoms with Gasteiger partial charge in [-0.1, -0.05) is 6.08 Å². The molecule has 0 N–H and O–H groups in total. The van der Waals surface area contributed by atoms with Crippen LogP contribution < -0.4 is 4.74 Å². The van der Waals surface area contributed by atoms with Crippen LogP contribution >= 0.6 is 0 Å². The fourth-order valence-corrected chi connectivity index (χ4v) is 4.47. The number of ketones is 1. The molecule has 0 unspecified atom stereocenters. The lowest BCUT2D eigenvalue weighted by atomic mass is 10.1. The molecule has 0 spiro atoms. The van der Waals surface area contributed by atoms with Gasteiger partial charge in [0, 0.05) is 24.3 Å². The maximum absolute atomic E-state index is 13.7. The lowest BCUT2D eigenvalue weighted by molar-refractivity contribution is -0.394. The van der Waals surface area contributed by atoms with E-state index in [0.29, 0.717) is 149 Å². The van der Waals surface area contributed by atoms with E-state index >= 15 is 0 Å². The highest BCUT2D eigenvalue weighted by molar-refractivity contribution is 5.91. The first-order chi connectivity index (χ1) is 26.8. The third kappa shape index (κ3) is 24.9. The molecule has 2 aromatic carbocycles. The first-order valence-corrected chi connectivity index (χ1v) is 18.0. The number of carbonyl (C=O) groups is 1. The summed E-state index contributed by atoms with van der Waals surface area (Å²) in [6, 6.07) is 7.89. The van der Waals surface area contributed by atoms with Crippen molar-refractivity contribution in [3.8, 4) is 5.75 Å². The summed E-state index contributed by atoms with van der Waals surface area (Å²) < 4.78 is 68.4. The van der Waals surface area contributed by atoms with E-state index in [1.54, 1.807) is 6.07 Å². The molecule has 0 aliphatic rings. The molecule has 0 atom stereocenters. The van der Waals surface area contributed by atoms with Crippen molar-refractivity contribution in [2.75, 3.05) is 126 Å². The molecule has 0 saturated heterocycles. The van der Waals surface area contributed by atoms with Gasteiger partial charge in [-0.25, -0.2) is 4.39 Å². The zero-order chi connectivity index (χ0) is 39.8. The predicted molar refractivity (Wildman–Crippen MR) is 197 cm³/mol. The molecule has 0 aliphatic carbocycles. The summed E-state index contributed by atoms with van der Waals surface area (Å²) in [4.78, 5) is 31.8. The predicted octanol–water partition coefficient (Wildman–Crippen LogP) is 4.41. The number of hydrogen-bond acceptors (Lipinski definition) is 15. The van der Waals surface area contributed by atoms with Gasteiger partial charge in [0.15, 0.2) is 5.78 Å². The number of halogens is 1. The Balaban J connectivity index is 1.24. The van der Waals surface area contributed by atoms with Crippen LogP contribution in [0.4, 0.5) is 15.8 Å². The van der Waals surface area contributed by atoms with Crippen LogP contribution in [0.3, 0.4) is 0 Å². The minimum absolute atomic E-state index is 0.125. The fourth-order valence-electron chi connectivity index (χ4n) is 4.47. The molecule has 0 fully saturated rings. The van der Waals surface area contributed by atoms with Gasteiger partial charge >= 0.3 is 0 Å². The summed E-state index contributed by atoms with van der Waals surface area (Å²) >= 11 is 0. The molecule has 0 saturated carbocycles. The molecule has 18 heteroatoms. The molecule has 2 aromatic rings. The van der Waals surface area contributed by atoms with E-state index in [1.165, 1.54) is 43.3 Å². The van der Waals surface area contributed by atoms with Gasteiger partial charge in [-0.3, -0.25) is 25.0 Å². The molecule has 308 valence electrons. The van der Waals surface area contributed by atoms with Crippen molar-refractivity contribution in [1.29, 1.82) is 0 Å². The number of rotatable bonds is 36. The normalized spacial score (nSPS) is 11.4. The Labute approximate surface area is 320 Å². The molecule has 0 aromatic heterocycles. The highest BCUT2D eigenvalue weighted by Gasteiger charge is 2.18. The van der Waals surface area contributed by atoms with Crippen LogP contribution in [0.1, 0.15) is 24.5 Å². The molecule has 2 rings (SSSR count). The maximum atomic E-state index is 13.7. The number of ether oxygens (including phenoxy) is 10. The topological polar surface area (TPSA) is 196 Å². The number of nitro benzene ring substituents is 2. The van der Waals surface area contributed by atoms with Crippen molar-refractivity contribution in [2.45, 2.75) is 19.8 Å². The van der Waals surface area contributed by atoms with E-state index in [-0.39, 0.29) is 23.8 Å². The van der Waals surface area contributed by atoms with E-state index in [1.807, 2.05) is 0 Å². The van der Waals surface area contributed by atoms with Gasteiger partial charge in [-0.05, 0) is 49.6 Å². The number of benzene rings is 2. The Kier molecular flexibility index (Phi) is 26.8. The highest BCUT2D eigenvalue weighted by Crippen LogP contribution is 2.25. The zero-order valence-electron chi connectivity index (χ0n) is 31.4. The lowest BCUT2D eigenvalue weighted by Crippen LogP contribution is -2.15. The average Bonchev–Trinajstić information content (AvgIpc) is 3.15. The van der Waals surface area contributed by atoms with Crippen molar-refractivity contribution < 1.29 is 66.4 Å². The monoisotopic (exact) mass is 784 g/mol. The van der Waals surface area contributed by atoms with Crippen molar-refractivity contribution in [3.63, 3.8) is 0 Å². The lowest BCUT2D eigenvalue weighted by Gasteiger charge is -2.09. The third-order valence-electron chi connectivity index (χ3n) is 7.09. The van der Waals surface area contributed by atoms with Gasteiger partial charge in [0.25, 0.3) is 11.4 Å². The summed E-state index contributed by atoms with van der Waals surface area (Å²) in [6.45, 7) is 9.08. The maximum Gasteiger partial charge on any atom is 0.279 e. The van der Waals surface area contributed by atoms with Gasteiger partial charge < -0.3 is 47.4 Å². The number of nitrogens with zero attached hydrogens (tertiary/aromatic N) is 2. The van der Waals surface area contributed by atoms with Crippen molar-refractivity contribution in [2.24, 2.45) is 0 Å². The second kappa shape index (κ2) is 31.2. The SMILES string of the molecule is CC(=O)/C=C/c1cc(F)cc(OCCOCCOCCOCCOCCOCCOCCOCCOCCOCCCc2ccc([N+](=O)[O-])cc2[N+](=O)[O-])c1. The Morgan fingerprint density at radius 3 is 1.45 bits per heavy atom. The van der Waals surface area contributed by atoms with Crippen molar-refractivity contribution >= 4 is 23.2 Å². The first kappa shape index (κ1) is 47.2. The van der Waals surface area contributed by atoms with Gasteiger partial charge in [0.05, 0.1) is 128 Å². The van der Waals surface area contributed by atoms with E-state index in [2.05, 4.69) is 0 Å². The number of allylic oxidation sites excluding steroid dienone is 1. The number of aryl methyl sites for hydroxylation is 1. The Hall–Kier alpha value is -3.98. The zero-order valence-corrected chi connectivity index (χ0v) is 31.4. The van der Waals surface area contributed by atoms with Crippen LogP contribution in [-0.2, 0) is 53.8 Å². The van der Waals surface area contributed by atoms with Crippen LogP contribution in [0, 0.1) is 26.0 Å². The first-order valence-electron chi connectivity index (χ1n) is 18.0. The molecule has 17 nitrogen and oxygen atoms in total. The molecule has 55 heavy (non-hydrogen) atoms. The minimum Gasteiger partial charge on any atom is -0.491 e. The Morgan fingerprint density at radius 1 is 0.600 bits per heavy atom. The second-order valence-corrected chi connectivity index (χ2v) is 11.5. The smallest absolute Gasteiger partial charge is 0.279 e. The summed E-state index contributed by atoms with van der Waals surface area (Å²) in [5.74, 6) is -0.215. The molecule has 0 bridgehead atoms. The third-order valence-corrected chi connectivity index (χ3v) is 7.09. The number of hydrogen-bond donors (Lipinski definition) is 0. The van der Waals surface area contributed by atoms with E-state index < -0.39 is 15.7 Å². The highest BCUT2D eigenvalue weighted by atomic mass is 19.1. The Morgan fingerprint density at radius 2 is 1.04 bits per heavy atom. The van der Waals surface area contributed by atoms with Crippen LogP contribution in [0.15, 0.2) is 42.5 Å². The van der Waals surface area contributed by atoms with E-state index in [9.17, 15) is 29.4 Å². The van der Waals surface area contributed by atoms with E-state index in [4.69, 9.17) is 47.4 Å². The van der Waals surface area contributed by atoms with Gasteiger partial charge in [0.1, 0.15) is 18.2 Å². The second-order valence-electron chi connectivity index (χ2n) is 11.5. The molecule has 0 heterocycles. The summed E-state index contributed by atoms with van der Waals surface area (Å²) in [5.41, 5.74) is 0.393. The summed E-state index contributed by atoms with van der Waals surface area (Å²) in [6.07, 6.45) is 3.80. The van der Waals surface area contributed by atoms with Crippen molar-refractivity contribution in [3.05, 3.63) is 79.6 Å². The van der Waals surface area contributed by atoms with Crippen LogP contribution in [0.25, 0.3) is 6.08 Å². The van der Waals surface area contributed by atoms with E-state index in [0.717, 1.165) is 6.07 Å². The molecule has 0 radical (unpaired) electrons. The molecule has 0 amide bonds. The quantitative estimate of drug-likeness (QED) is 0.0408. The Bertz CT molecular complexity index is 1400. The fraction of sp³-hybridized carbons (Fsp3) is 0.595. The van der Waals surface area contributed by atoms with Crippen LogP contribution in [-0.4, -0.2) is 141 Å². The van der Waals surface area contributed by atoms with Gasteiger partial charge in [-0.15, -0.1) is 0 Å².